The Balaban J connectivity index is 2.00. The zero-order chi connectivity index (χ0) is 20.4. The number of hydrogen-bond donors (Lipinski definition) is 0. The van der Waals surface area contributed by atoms with Crippen LogP contribution in [0.5, 0.6) is 5.75 Å². The largest absolute Gasteiger partial charge is 0.422 e. The monoisotopic (exact) mass is 385 g/mol. The summed E-state index contributed by atoms with van der Waals surface area (Å²) in [5.41, 5.74) is -0.403. The van der Waals surface area contributed by atoms with Crippen LogP contribution in [0.4, 0.5) is 10.5 Å². The molecular formula is C18H15N3O7. The maximum Gasteiger partial charge on any atom is 0.422 e. The van der Waals surface area contributed by atoms with Gasteiger partial charge in [-0.05, 0) is 17.7 Å². The molecular weight excluding hydrogens is 370 g/mol. The van der Waals surface area contributed by atoms with E-state index in [1.54, 1.807) is 6.07 Å². The molecule has 0 atom stereocenters. The fourth-order valence-corrected chi connectivity index (χ4v) is 2.48. The van der Waals surface area contributed by atoms with Crippen LogP contribution >= 0.6 is 0 Å². The molecule has 3 aromatic rings. The van der Waals surface area contributed by atoms with Crippen molar-refractivity contribution in [3.63, 3.8) is 0 Å². The number of benzene rings is 2. The van der Waals surface area contributed by atoms with E-state index >= 15 is 0 Å². The lowest BCUT2D eigenvalue weighted by Gasteiger charge is -2.11. The van der Waals surface area contributed by atoms with E-state index in [2.05, 4.69) is 0 Å². The summed E-state index contributed by atoms with van der Waals surface area (Å²) < 4.78 is 11.1. The lowest BCUT2D eigenvalue weighted by Crippen LogP contribution is -2.33. The number of hydrogen-bond acceptors (Lipinski definition) is 7. The first-order valence-electron chi connectivity index (χ1n) is 8.06. The van der Waals surface area contributed by atoms with Gasteiger partial charge in [0.2, 0.25) is 0 Å². The summed E-state index contributed by atoms with van der Waals surface area (Å²) in [5.74, 6) is -0.815. The molecule has 0 aliphatic heterocycles. The number of carbonyl (C=O) groups excluding carboxylic acids is 1. The number of carbonyl (C=O) groups is 1. The predicted octanol–water partition coefficient (Wildman–Crippen LogP) is 1.97. The van der Waals surface area contributed by atoms with E-state index in [-0.39, 0.29) is 29.0 Å². The van der Waals surface area contributed by atoms with Gasteiger partial charge in [0.05, 0.1) is 16.9 Å². The van der Waals surface area contributed by atoms with E-state index < -0.39 is 22.3 Å². The van der Waals surface area contributed by atoms with Gasteiger partial charge in [0.1, 0.15) is 11.3 Å². The van der Waals surface area contributed by atoms with Crippen molar-refractivity contribution in [2.75, 3.05) is 14.1 Å². The van der Waals surface area contributed by atoms with Crippen molar-refractivity contribution in [3.05, 3.63) is 79.0 Å². The Morgan fingerprint density at radius 2 is 1.96 bits per heavy atom. The van der Waals surface area contributed by atoms with Gasteiger partial charge in [-0.25, -0.2) is 14.2 Å². The zero-order valence-corrected chi connectivity index (χ0v) is 14.9. The summed E-state index contributed by atoms with van der Waals surface area (Å²) >= 11 is 0. The summed E-state index contributed by atoms with van der Waals surface area (Å²) in [6.45, 7) is -0.184. The molecule has 0 aliphatic rings. The van der Waals surface area contributed by atoms with Crippen LogP contribution in [-0.4, -0.2) is 34.6 Å². The van der Waals surface area contributed by atoms with Gasteiger partial charge in [0.15, 0.2) is 0 Å². The van der Waals surface area contributed by atoms with Crippen LogP contribution in [0.3, 0.4) is 0 Å². The molecule has 144 valence electrons. The van der Waals surface area contributed by atoms with Crippen molar-refractivity contribution in [2.45, 2.75) is 6.54 Å². The highest BCUT2D eigenvalue weighted by Crippen LogP contribution is 2.18. The van der Waals surface area contributed by atoms with Gasteiger partial charge in [-0.1, -0.05) is 12.1 Å². The molecule has 0 fully saturated rings. The molecule has 0 saturated carbocycles. The number of nitro groups is 1. The van der Waals surface area contributed by atoms with Crippen LogP contribution in [0.1, 0.15) is 5.56 Å². The molecule has 0 saturated heterocycles. The first kappa shape index (κ1) is 18.8. The first-order valence-corrected chi connectivity index (χ1v) is 8.06. The third-order valence-electron chi connectivity index (χ3n) is 3.88. The van der Waals surface area contributed by atoms with E-state index in [4.69, 9.17) is 9.15 Å². The molecule has 1 amide bonds. The van der Waals surface area contributed by atoms with E-state index in [9.17, 15) is 24.5 Å². The molecule has 0 aliphatic carbocycles. The van der Waals surface area contributed by atoms with Crippen LogP contribution in [0, 0.1) is 10.1 Å². The maximum absolute atomic E-state index is 12.7. The lowest BCUT2D eigenvalue weighted by molar-refractivity contribution is -0.384. The molecule has 0 spiro atoms. The summed E-state index contributed by atoms with van der Waals surface area (Å²) in [4.78, 5) is 48.1. The smallest absolute Gasteiger partial charge is 0.410 e. The highest BCUT2D eigenvalue weighted by molar-refractivity contribution is 5.78. The Morgan fingerprint density at radius 1 is 1.21 bits per heavy atom. The van der Waals surface area contributed by atoms with Gasteiger partial charge in [-0.2, -0.15) is 0 Å². The molecule has 1 heterocycles. The van der Waals surface area contributed by atoms with Crippen molar-refractivity contribution >= 4 is 22.7 Å². The minimum absolute atomic E-state index is 0.0330. The van der Waals surface area contributed by atoms with Crippen LogP contribution in [-0.2, 0) is 6.54 Å². The van der Waals surface area contributed by atoms with Crippen molar-refractivity contribution < 1.29 is 18.9 Å². The molecule has 2 aromatic carbocycles. The molecule has 28 heavy (non-hydrogen) atoms. The van der Waals surface area contributed by atoms with Crippen LogP contribution in [0.2, 0.25) is 0 Å². The quantitative estimate of drug-likeness (QED) is 0.496. The van der Waals surface area contributed by atoms with Crippen molar-refractivity contribution in [1.29, 1.82) is 0 Å². The van der Waals surface area contributed by atoms with Crippen LogP contribution < -0.4 is 16.1 Å². The summed E-state index contributed by atoms with van der Waals surface area (Å²) in [6, 6.07) is 9.67. The highest BCUT2D eigenvalue weighted by Gasteiger charge is 2.14. The normalized spacial score (nSPS) is 10.6. The van der Waals surface area contributed by atoms with E-state index in [1.165, 1.54) is 55.4 Å². The number of non-ortho nitro benzene ring substituents is 1. The second kappa shape index (κ2) is 7.35. The second-order valence-electron chi connectivity index (χ2n) is 6.11. The lowest BCUT2D eigenvalue weighted by atomic mass is 10.2. The van der Waals surface area contributed by atoms with Gasteiger partial charge < -0.3 is 14.1 Å². The Labute approximate surface area is 157 Å². The van der Waals surface area contributed by atoms with Gasteiger partial charge in [0, 0.05) is 32.3 Å². The topological polar surface area (TPSA) is 125 Å². The minimum atomic E-state index is -0.930. The third kappa shape index (κ3) is 3.75. The Morgan fingerprint density at radius 3 is 2.64 bits per heavy atom. The van der Waals surface area contributed by atoms with Gasteiger partial charge in [-0.15, -0.1) is 0 Å². The maximum atomic E-state index is 12.7. The van der Waals surface area contributed by atoms with E-state index in [0.717, 1.165) is 4.57 Å². The number of nitro benzene ring substituents is 1. The van der Waals surface area contributed by atoms with Crippen molar-refractivity contribution in [2.24, 2.45) is 0 Å². The summed E-state index contributed by atoms with van der Waals surface area (Å²) in [5, 5.41) is 11.0. The van der Waals surface area contributed by atoms with Gasteiger partial charge >= 0.3 is 11.8 Å². The number of fused-ring (bicyclic) bond motifs is 1. The van der Waals surface area contributed by atoms with Crippen LogP contribution in [0.25, 0.3) is 11.0 Å². The fraction of sp³-hybridized carbons (Fsp3) is 0.167. The standard InChI is InChI=1S/C18H15N3O7/c1-19(2)17(23)27-13-6-7-14-15(9-13)28-18(24)20(16(14)22)10-11-4-3-5-12(8-11)21(25)26/h3-9H,10H2,1-2H3. The first-order chi connectivity index (χ1) is 13.3. The highest BCUT2D eigenvalue weighted by atomic mass is 16.6. The number of aromatic nitrogens is 1. The predicted molar refractivity (Wildman–Crippen MR) is 98.7 cm³/mol. The zero-order valence-electron chi connectivity index (χ0n) is 14.9. The molecule has 10 nitrogen and oxygen atoms in total. The average Bonchev–Trinajstić information content (AvgIpc) is 2.65. The van der Waals surface area contributed by atoms with Gasteiger partial charge in [-0.3, -0.25) is 14.9 Å². The minimum Gasteiger partial charge on any atom is -0.410 e. The second-order valence-corrected chi connectivity index (χ2v) is 6.11. The van der Waals surface area contributed by atoms with Crippen molar-refractivity contribution in [1.82, 2.24) is 9.47 Å². The SMILES string of the molecule is CN(C)C(=O)Oc1ccc2c(=O)n(Cc3cccc([N+](=O)[O-])c3)c(=O)oc2c1. The Kier molecular flexibility index (Phi) is 4.94. The number of ether oxygens (including phenoxy) is 1. The molecule has 0 N–H and O–H groups in total. The molecule has 0 unspecified atom stereocenters. The number of rotatable bonds is 4. The van der Waals surface area contributed by atoms with Crippen LogP contribution in [0.15, 0.2) is 56.5 Å². The Hall–Kier alpha value is -3.95. The molecule has 0 bridgehead atoms. The van der Waals surface area contributed by atoms with Crippen molar-refractivity contribution in [3.8, 4) is 5.75 Å². The number of amides is 1. The summed E-state index contributed by atoms with van der Waals surface area (Å²) in [7, 11) is 3.02. The number of nitrogens with zero attached hydrogens (tertiary/aromatic N) is 3. The molecule has 0 radical (unpaired) electrons. The van der Waals surface area contributed by atoms with E-state index in [0.29, 0.717) is 5.56 Å². The fourth-order valence-electron chi connectivity index (χ4n) is 2.48. The summed E-state index contributed by atoms with van der Waals surface area (Å²) in [6.07, 6.45) is -0.624. The molecule has 3 rings (SSSR count). The molecule has 1 aromatic heterocycles. The average molecular weight is 385 g/mol. The van der Waals surface area contributed by atoms with Gasteiger partial charge in [0.25, 0.3) is 11.2 Å². The van der Waals surface area contributed by atoms with E-state index in [1.807, 2.05) is 0 Å². The molecule has 10 heteroatoms. The third-order valence-corrected chi connectivity index (χ3v) is 3.88. The Bertz CT molecular complexity index is 1190.